The minimum absolute atomic E-state index is 0.246. The lowest BCUT2D eigenvalue weighted by Crippen LogP contribution is -2.09. The van der Waals surface area contributed by atoms with Gasteiger partial charge in [0.2, 0.25) is 12.7 Å². The van der Waals surface area contributed by atoms with Crippen LogP contribution in [0.25, 0.3) is 22.5 Å². The van der Waals surface area contributed by atoms with Gasteiger partial charge in [-0.3, -0.25) is 0 Å². The van der Waals surface area contributed by atoms with E-state index in [1.165, 1.54) is 0 Å². The molecule has 0 unspecified atom stereocenters. The number of nitrogens with one attached hydrogen (secondary N) is 1. The molecule has 2 aromatic heterocycles. The molecule has 1 aliphatic rings. The molecule has 0 radical (unpaired) electrons. The monoisotopic (exact) mass is 403 g/mol. The van der Waals surface area contributed by atoms with Gasteiger partial charge in [0.1, 0.15) is 0 Å². The van der Waals surface area contributed by atoms with Gasteiger partial charge in [0, 0.05) is 29.5 Å². The Hall–Kier alpha value is -3.52. The molecular weight excluding hydrogens is 386 g/mol. The summed E-state index contributed by atoms with van der Waals surface area (Å²) in [4.78, 5) is 9.26. The number of ether oxygens (including phenoxy) is 2. The molecule has 1 aliphatic heterocycles. The SMILES string of the molecule is c1ccc(-c2csc(CCNc3nncc(-c4ccc5c(c4)OCO5)n3)n2)cc1. The van der Waals surface area contributed by atoms with E-state index >= 15 is 0 Å². The largest absolute Gasteiger partial charge is 0.454 e. The molecule has 8 heteroatoms. The van der Waals surface area contributed by atoms with E-state index in [0.29, 0.717) is 18.2 Å². The smallest absolute Gasteiger partial charge is 0.243 e. The van der Waals surface area contributed by atoms with Crippen molar-refractivity contribution in [2.45, 2.75) is 6.42 Å². The summed E-state index contributed by atoms with van der Waals surface area (Å²) in [5.74, 6) is 1.95. The van der Waals surface area contributed by atoms with Crippen LogP contribution in [0.15, 0.2) is 60.1 Å². The number of rotatable bonds is 6. The Balaban J connectivity index is 1.23. The minimum Gasteiger partial charge on any atom is -0.454 e. The summed E-state index contributed by atoms with van der Waals surface area (Å²) < 4.78 is 10.8. The fraction of sp³-hybridized carbons (Fsp3) is 0.143. The molecule has 2 aromatic carbocycles. The average Bonchev–Trinajstić information content (AvgIpc) is 3.44. The van der Waals surface area contributed by atoms with Crippen LogP contribution in [0.2, 0.25) is 0 Å². The van der Waals surface area contributed by atoms with Gasteiger partial charge in [-0.05, 0) is 18.2 Å². The van der Waals surface area contributed by atoms with E-state index in [0.717, 1.165) is 39.7 Å². The zero-order chi connectivity index (χ0) is 19.5. The average molecular weight is 403 g/mol. The van der Waals surface area contributed by atoms with E-state index in [9.17, 15) is 0 Å². The maximum absolute atomic E-state index is 5.43. The summed E-state index contributed by atoms with van der Waals surface area (Å²) in [6.45, 7) is 0.921. The highest BCUT2D eigenvalue weighted by Crippen LogP contribution is 2.35. The van der Waals surface area contributed by atoms with Crippen molar-refractivity contribution < 1.29 is 9.47 Å². The molecule has 0 fully saturated rings. The summed E-state index contributed by atoms with van der Waals surface area (Å²) in [5, 5.41) is 14.5. The fourth-order valence-electron chi connectivity index (χ4n) is 3.02. The van der Waals surface area contributed by atoms with Crippen molar-refractivity contribution in [2.75, 3.05) is 18.7 Å². The predicted molar refractivity (Wildman–Crippen MR) is 111 cm³/mol. The highest BCUT2D eigenvalue weighted by Gasteiger charge is 2.15. The molecule has 1 N–H and O–H groups in total. The standard InChI is InChI=1S/C21H17N5O2S/c1-2-4-14(5-3-1)17-12-29-20(24-17)8-9-22-21-25-16(11-23-26-21)15-6-7-18-19(10-15)28-13-27-18/h1-7,10-12H,8-9,13H2,(H,22,25,26). The number of benzene rings is 2. The molecule has 7 nitrogen and oxygen atoms in total. The molecule has 0 amide bonds. The molecule has 4 aromatic rings. The molecule has 0 bridgehead atoms. The Morgan fingerprint density at radius 2 is 1.83 bits per heavy atom. The van der Waals surface area contributed by atoms with Gasteiger partial charge in [-0.2, -0.15) is 5.10 Å². The van der Waals surface area contributed by atoms with Crippen LogP contribution < -0.4 is 14.8 Å². The Morgan fingerprint density at radius 3 is 2.76 bits per heavy atom. The first-order chi connectivity index (χ1) is 14.3. The lowest BCUT2D eigenvalue weighted by molar-refractivity contribution is 0.174. The molecular formula is C21H17N5O2S. The first-order valence-electron chi connectivity index (χ1n) is 9.18. The van der Waals surface area contributed by atoms with Gasteiger partial charge in [-0.25, -0.2) is 9.97 Å². The second kappa shape index (κ2) is 7.84. The van der Waals surface area contributed by atoms with Gasteiger partial charge in [-0.15, -0.1) is 16.4 Å². The van der Waals surface area contributed by atoms with Crippen LogP contribution in [0.4, 0.5) is 5.95 Å². The summed E-state index contributed by atoms with van der Waals surface area (Å²) in [7, 11) is 0. The van der Waals surface area contributed by atoms with E-state index in [4.69, 9.17) is 14.5 Å². The van der Waals surface area contributed by atoms with Crippen LogP contribution in [-0.4, -0.2) is 33.5 Å². The van der Waals surface area contributed by atoms with Crippen molar-refractivity contribution in [1.29, 1.82) is 0 Å². The maximum Gasteiger partial charge on any atom is 0.243 e. The predicted octanol–water partition coefficient (Wildman–Crippen LogP) is 4.05. The number of anilines is 1. The van der Waals surface area contributed by atoms with Crippen LogP contribution in [0.5, 0.6) is 11.5 Å². The van der Waals surface area contributed by atoms with Crippen molar-refractivity contribution in [3.63, 3.8) is 0 Å². The van der Waals surface area contributed by atoms with Crippen LogP contribution in [0, 0.1) is 0 Å². The van der Waals surface area contributed by atoms with Crippen LogP contribution >= 0.6 is 11.3 Å². The maximum atomic E-state index is 5.43. The number of aromatic nitrogens is 4. The van der Waals surface area contributed by atoms with Crippen molar-refractivity contribution >= 4 is 17.3 Å². The molecule has 0 spiro atoms. The Bertz CT molecular complexity index is 1130. The second-order valence-corrected chi connectivity index (χ2v) is 7.35. The molecule has 0 aliphatic carbocycles. The van der Waals surface area contributed by atoms with E-state index in [1.54, 1.807) is 17.5 Å². The first kappa shape index (κ1) is 17.6. The normalized spacial score (nSPS) is 12.1. The van der Waals surface area contributed by atoms with E-state index in [1.807, 2.05) is 36.4 Å². The second-order valence-electron chi connectivity index (χ2n) is 6.40. The van der Waals surface area contributed by atoms with Gasteiger partial charge in [0.25, 0.3) is 0 Å². The molecule has 144 valence electrons. The third kappa shape index (κ3) is 3.88. The zero-order valence-corrected chi connectivity index (χ0v) is 16.2. The first-order valence-corrected chi connectivity index (χ1v) is 10.1. The summed E-state index contributed by atoms with van der Waals surface area (Å²) >= 11 is 1.66. The number of hydrogen-bond donors (Lipinski definition) is 1. The fourth-order valence-corrected chi connectivity index (χ4v) is 3.83. The molecule has 29 heavy (non-hydrogen) atoms. The van der Waals surface area contributed by atoms with E-state index < -0.39 is 0 Å². The quantitative estimate of drug-likeness (QED) is 0.520. The molecule has 0 saturated heterocycles. The van der Waals surface area contributed by atoms with Gasteiger partial charge in [0.15, 0.2) is 11.5 Å². The third-order valence-corrected chi connectivity index (χ3v) is 5.38. The number of fused-ring (bicyclic) bond motifs is 1. The molecule has 3 heterocycles. The Kier molecular flexibility index (Phi) is 4.75. The number of nitrogens with zero attached hydrogens (tertiary/aromatic N) is 4. The van der Waals surface area contributed by atoms with Gasteiger partial charge in [0.05, 0.1) is 22.6 Å². The topological polar surface area (TPSA) is 82.1 Å². The van der Waals surface area contributed by atoms with Crippen LogP contribution in [-0.2, 0) is 6.42 Å². The third-order valence-electron chi connectivity index (χ3n) is 4.47. The highest BCUT2D eigenvalue weighted by molar-refractivity contribution is 7.09. The lowest BCUT2D eigenvalue weighted by atomic mass is 10.1. The van der Waals surface area contributed by atoms with E-state index in [2.05, 4.69) is 38.0 Å². The Labute approximate surface area is 171 Å². The van der Waals surface area contributed by atoms with Gasteiger partial charge >= 0.3 is 0 Å². The molecule has 0 saturated carbocycles. The van der Waals surface area contributed by atoms with Gasteiger partial charge in [-0.1, -0.05) is 30.3 Å². The van der Waals surface area contributed by atoms with Gasteiger partial charge < -0.3 is 14.8 Å². The van der Waals surface area contributed by atoms with Crippen molar-refractivity contribution in [3.8, 4) is 34.0 Å². The number of hydrogen-bond acceptors (Lipinski definition) is 8. The van der Waals surface area contributed by atoms with Crippen molar-refractivity contribution in [1.82, 2.24) is 20.2 Å². The molecule has 0 atom stereocenters. The van der Waals surface area contributed by atoms with Crippen LogP contribution in [0.1, 0.15) is 5.01 Å². The zero-order valence-electron chi connectivity index (χ0n) is 15.4. The lowest BCUT2D eigenvalue weighted by Gasteiger charge is -2.06. The summed E-state index contributed by atoms with van der Waals surface area (Å²) in [5.41, 5.74) is 3.77. The number of thiazole rings is 1. The van der Waals surface area contributed by atoms with Crippen LogP contribution in [0.3, 0.4) is 0 Å². The van der Waals surface area contributed by atoms with E-state index in [-0.39, 0.29) is 6.79 Å². The van der Waals surface area contributed by atoms with Crippen molar-refractivity contribution in [2.24, 2.45) is 0 Å². The minimum atomic E-state index is 0.246. The van der Waals surface area contributed by atoms with Crippen molar-refractivity contribution in [3.05, 3.63) is 65.1 Å². The molecule has 5 rings (SSSR count). The highest BCUT2D eigenvalue weighted by atomic mass is 32.1. The summed E-state index contributed by atoms with van der Waals surface area (Å²) in [6.07, 6.45) is 2.42. The Morgan fingerprint density at radius 1 is 0.931 bits per heavy atom. The summed E-state index contributed by atoms with van der Waals surface area (Å²) in [6, 6.07) is 15.9.